The Kier molecular flexibility index (Phi) is 4.63. The highest BCUT2D eigenvalue weighted by Crippen LogP contribution is 2.35. The topological polar surface area (TPSA) is 0 Å². The number of aryl methyl sites for hydroxylation is 1. The first kappa shape index (κ1) is 13.4. The molecule has 2 atom stereocenters. The largest absolute Gasteiger partial charge is 0.0992 e. The second kappa shape index (κ2) is 6.22. The van der Waals surface area contributed by atoms with Crippen LogP contribution in [0.2, 0.25) is 0 Å². The third-order valence-electron chi connectivity index (χ3n) is 4.26. The zero-order valence-electron chi connectivity index (χ0n) is 11.9. The van der Waals surface area contributed by atoms with E-state index < -0.39 is 0 Å². The lowest BCUT2D eigenvalue weighted by Crippen LogP contribution is -2.02. The molecule has 0 heterocycles. The predicted octanol–water partition coefficient (Wildman–Crippen LogP) is 5.17. The van der Waals surface area contributed by atoms with Crippen molar-refractivity contribution in [2.45, 2.75) is 52.4 Å². The van der Waals surface area contributed by atoms with Crippen LogP contribution in [-0.2, 0) is 12.8 Å². The number of hydrogen-bond donors (Lipinski definition) is 0. The van der Waals surface area contributed by atoms with Crippen LogP contribution in [0.4, 0.5) is 0 Å². The summed E-state index contributed by atoms with van der Waals surface area (Å²) in [4.78, 5) is 0. The molecule has 0 spiro atoms. The van der Waals surface area contributed by atoms with Gasteiger partial charge in [0.1, 0.15) is 0 Å². The summed E-state index contributed by atoms with van der Waals surface area (Å²) in [5.74, 6) is 1.67. The van der Waals surface area contributed by atoms with Crippen LogP contribution in [0.1, 0.15) is 50.7 Å². The fraction of sp³-hybridized carbons (Fsp3) is 0.556. The minimum Gasteiger partial charge on any atom is -0.0992 e. The molecule has 1 saturated carbocycles. The Bertz CT molecular complexity index is 385. The molecule has 18 heavy (non-hydrogen) atoms. The molecule has 0 N–H and O–H groups in total. The average Bonchev–Trinajstić information content (AvgIpc) is 2.79. The molecule has 0 nitrogen and oxygen atoms in total. The molecule has 2 rings (SSSR count). The van der Waals surface area contributed by atoms with Crippen molar-refractivity contribution in [1.82, 2.24) is 0 Å². The quantitative estimate of drug-likeness (QED) is 0.625. The van der Waals surface area contributed by atoms with Crippen LogP contribution in [0.3, 0.4) is 0 Å². The number of rotatable bonds is 5. The van der Waals surface area contributed by atoms with E-state index in [1.165, 1.54) is 48.8 Å². The van der Waals surface area contributed by atoms with E-state index in [9.17, 15) is 0 Å². The van der Waals surface area contributed by atoms with Crippen molar-refractivity contribution in [3.8, 4) is 0 Å². The summed E-state index contributed by atoms with van der Waals surface area (Å²) in [6, 6.07) is 9.13. The molecule has 0 bridgehead atoms. The summed E-state index contributed by atoms with van der Waals surface area (Å²) in [7, 11) is 0. The number of benzene rings is 1. The van der Waals surface area contributed by atoms with Gasteiger partial charge in [0.15, 0.2) is 0 Å². The van der Waals surface area contributed by atoms with Gasteiger partial charge in [-0.05, 0) is 48.6 Å². The van der Waals surface area contributed by atoms with Crippen LogP contribution in [-0.4, -0.2) is 0 Å². The molecule has 1 aliphatic carbocycles. The minimum absolute atomic E-state index is 0.773. The van der Waals surface area contributed by atoms with E-state index in [2.05, 4.69) is 44.7 Å². The molecule has 0 aromatic heterocycles. The lowest BCUT2D eigenvalue weighted by atomic mass is 9.92. The van der Waals surface area contributed by atoms with Gasteiger partial charge in [0, 0.05) is 0 Å². The number of hydrogen-bond acceptors (Lipinski definition) is 0. The van der Waals surface area contributed by atoms with Crippen LogP contribution >= 0.6 is 0 Å². The van der Waals surface area contributed by atoms with Crippen molar-refractivity contribution in [2.75, 3.05) is 0 Å². The normalized spacial score (nSPS) is 23.2. The van der Waals surface area contributed by atoms with Crippen LogP contribution < -0.4 is 0 Å². The molecule has 1 aromatic carbocycles. The molecule has 1 aliphatic rings. The van der Waals surface area contributed by atoms with Crippen molar-refractivity contribution in [3.05, 3.63) is 47.5 Å². The molecule has 98 valence electrons. The van der Waals surface area contributed by atoms with E-state index in [-0.39, 0.29) is 0 Å². The number of allylic oxidation sites excluding steroid dienone is 1. The summed E-state index contributed by atoms with van der Waals surface area (Å²) in [6.45, 7) is 8.93. The molecule has 2 unspecified atom stereocenters. The average molecular weight is 242 g/mol. The van der Waals surface area contributed by atoms with Crippen molar-refractivity contribution in [3.63, 3.8) is 0 Å². The van der Waals surface area contributed by atoms with Crippen LogP contribution in [0.15, 0.2) is 36.4 Å². The van der Waals surface area contributed by atoms with Crippen LogP contribution in [0, 0.1) is 11.8 Å². The minimum atomic E-state index is 0.773. The van der Waals surface area contributed by atoms with Crippen molar-refractivity contribution < 1.29 is 0 Å². The monoisotopic (exact) mass is 242 g/mol. The molecule has 0 aliphatic heterocycles. The van der Waals surface area contributed by atoms with Gasteiger partial charge in [-0.1, -0.05) is 63.1 Å². The van der Waals surface area contributed by atoms with Gasteiger partial charge in [-0.3, -0.25) is 0 Å². The molecule has 0 saturated heterocycles. The third-order valence-corrected chi connectivity index (χ3v) is 4.26. The summed E-state index contributed by atoms with van der Waals surface area (Å²) >= 11 is 0. The highest BCUT2D eigenvalue weighted by atomic mass is 14.3. The maximum Gasteiger partial charge on any atom is -0.00670 e. The summed E-state index contributed by atoms with van der Waals surface area (Å²) in [5, 5.41) is 0. The Labute approximate surface area is 112 Å². The van der Waals surface area contributed by atoms with Gasteiger partial charge in [0.25, 0.3) is 0 Å². The molecule has 0 amide bonds. The third kappa shape index (κ3) is 3.48. The molecular weight excluding hydrogens is 216 g/mol. The maximum atomic E-state index is 4.33. The van der Waals surface area contributed by atoms with Crippen molar-refractivity contribution in [1.29, 1.82) is 0 Å². The van der Waals surface area contributed by atoms with Gasteiger partial charge >= 0.3 is 0 Å². The molecule has 0 radical (unpaired) electrons. The molecule has 1 aromatic rings. The Morgan fingerprint density at radius 2 is 1.83 bits per heavy atom. The second-order valence-electron chi connectivity index (χ2n) is 6.02. The SMILES string of the molecule is C=C(Cc1ccc(CCC)cc1)C1CCC(C)C1. The lowest BCUT2D eigenvalue weighted by molar-refractivity contribution is 0.566. The Hall–Kier alpha value is -1.04. The standard InChI is InChI=1S/C18H26/c1-4-5-16-7-9-17(10-8-16)13-15(3)18-11-6-14(2)12-18/h7-10,14,18H,3-6,11-13H2,1-2H3. The Morgan fingerprint density at radius 3 is 2.39 bits per heavy atom. The van der Waals surface area contributed by atoms with Gasteiger partial charge in [-0.25, -0.2) is 0 Å². The molecule has 0 heteroatoms. The maximum absolute atomic E-state index is 4.33. The molecule has 1 fully saturated rings. The lowest BCUT2D eigenvalue weighted by Gasteiger charge is -2.14. The van der Waals surface area contributed by atoms with Gasteiger partial charge < -0.3 is 0 Å². The highest BCUT2D eigenvalue weighted by molar-refractivity contribution is 5.26. The van der Waals surface area contributed by atoms with Crippen LogP contribution in [0.25, 0.3) is 0 Å². The van der Waals surface area contributed by atoms with Gasteiger partial charge in [-0.2, -0.15) is 0 Å². The van der Waals surface area contributed by atoms with Gasteiger partial charge in [-0.15, -0.1) is 0 Å². The zero-order chi connectivity index (χ0) is 13.0. The summed E-state index contributed by atoms with van der Waals surface area (Å²) in [6.07, 6.45) is 7.59. The first-order valence-corrected chi connectivity index (χ1v) is 7.44. The van der Waals surface area contributed by atoms with E-state index in [0.29, 0.717) is 0 Å². The smallest absolute Gasteiger partial charge is 0.00670 e. The Balaban J connectivity index is 1.90. The van der Waals surface area contributed by atoms with Crippen LogP contribution in [0.5, 0.6) is 0 Å². The van der Waals surface area contributed by atoms with E-state index >= 15 is 0 Å². The summed E-state index contributed by atoms with van der Waals surface area (Å²) in [5.41, 5.74) is 4.34. The van der Waals surface area contributed by atoms with Crippen molar-refractivity contribution >= 4 is 0 Å². The fourth-order valence-electron chi connectivity index (χ4n) is 3.10. The predicted molar refractivity (Wildman–Crippen MR) is 79.8 cm³/mol. The Morgan fingerprint density at radius 1 is 1.17 bits per heavy atom. The highest BCUT2D eigenvalue weighted by Gasteiger charge is 2.23. The zero-order valence-corrected chi connectivity index (χ0v) is 11.9. The van der Waals surface area contributed by atoms with E-state index in [4.69, 9.17) is 0 Å². The summed E-state index contributed by atoms with van der Waals surface area (Å²) < 4.78 is 0. The first-order valence-electron chi connectivity index (χ1n) is 7.44. The van der Waals surface area contributed by atoms with E-state index in [0.717, 1.165) is 18.3 Å². The van der Waals surface area contributed by atoms with Gasteiger partial charge in [0.05, 0.1) is 0 Å². The van der Waals surface area contributed by atoms with Crippen molar-refractivity contribution in [2.24, 2.45) is 11.8 Å². The van der Waals surface area contributed by atoms with E-state index in [1.807, 2.05) is 0 Å². The first-order chi connectivity index (χ1) is 8.69. The van der Waals surface area contributed by atoms with E-state index in [1.54, 1.807) is 0 Å². The molecular formula is C18H26. The van der Waals surface area contributed by atoms with Gasteiger partial charge in [0.2, 0.25) is 0 Å². The fourth-order valence-corrected chi connectivity index (χ4v) is 3.10. The second-order valence-corrected chi connectivity index (χ2v) is 6.02.